The van der Waals surface area contributed by atoms with E-state index >= 15 is 0 Å². The highest BCUT2D eigenvalue weighted by Gasteiger charge is 2.14. The minimum absolute atomic E-state index is 0.0320. The van der Waals surface area contributed by atoms with Crippen LogP contribution in [-0.4, -0.2) is 11.7 Å². The van der Waals surface area contributed by atoms with Gasteiger partial charge in [-0.1, -0.05) is 15.9 Å². The van der Waals surface area contributed by atoms with Crippen molar-refractivity contribution in [2.75, 3.05) is 5.32 Å². The number of hydrogen-bond donors (Lipinski definition) is 1. The number of anilines is 1. The molecule has 1 aromatic carbocycles. The standard InChI is InChI=1S/C17H18BrNO2S/c1-10-8-13(18)4-5-15(10)19-17(21)7-6-16(20)14-9-11(2)22-12(14)3/h4-5,8-9H,6-7H2,1-3H3,(H,19,21). The Bertz CT molecular complexity index is 721. The van der Waals surface area contributed by atoms with Crippen molar-refractivity contribution < 1.29 is 9.59 Å². The number of aryl methyl sites for hydroxylation is 3. The number of halogens is 1. The summed E-state index contributed by atoms with van der Waals surface area (Å²) in [5, 5.41) is 2.85. The SMILES string of the molecule is Cc1cc(C(=O)CCC(=O)Nc2ccc(Br)cc2C)c(C)s1. The molecule has 1 amide bonds. The lowest BCUT2D eigenvalue weighted by molar-refractivity contribution is -0.116. The van der Waals surface area contributed by atoms with Crippen LogP contribution in [0.1, 0.15) is 38.5 Å². The monoisotopic (exact) mass is 379 g/mol. The number of carbonyl (C=O) groups is 2. The van der Waals surface area contributed by atoms with Gasteiger partial charge in [0.15, 0.2) is 5.78 Å². The Morgan fingerprint density at radius 2 is 1.86 bits per heavy atom. The Morgan fingerprint density at radius 1 is 1.14 bits per heavy atom. The zero-order chi connectivity index (χ0) is 16.3. The third-order valence-electron chi connectivity index (χ3n) is 3.38. The number of carbonyl (C=O) groups excluding carboxylic acids is 2. The van der Waals surface area contributed by atoms with Crippen molar-refractivity contribution in [3.63, 3.8) is 0 Å². The highest BCUT2D eigenvalue weighted by Crippen LogP contribution is 2.23. The highest BCUT2D eigenvalue weighted by molar-refractivity contribution is 9.10. The molecule has 2 aromatic rings. The Hall–Kier alpha value is -1.46. The molecular formula is C17H18BrNO2S. The van der Waals surface area contributed by atoms with E-state index in [1.54, 1.807) is 11.3 Å². The van der Waals surface area contributed by atoms with Gasteiger partial charge < -0.3 is 5.32 Å². The molecule has 0 spiro atoms. The summed E-state index contributed by atoms with van der Waals surface area (Å²) in [6, 6.07) is 7.58. The van der Waals surface area contributed by atoms with E-state index in [9.17, 15) is 9.59 Å². The number of Topliss-reactive ketones (excluding diaryl/α,β-unsaturated/α-hetero) is 1. The zero-order valence-electron chi connectivity index (χ0n) is 12.8. The fraction of sp³-hybridized carbons (Fsp3) is 0.294. The number of thiophene rings is 1. The number of hydrogen-bond acceptors (Lipinski definition) is 3. The smallest absolute Gasteiger partial charge is 0.224 e. The Morgan fingerprint density at radius 3 is 2.45 bits per heavy atom. The molecule has 0 aliphatic carbocycles. The molecule has 0 unspecified atom stereocenters. The fourth-order valence-electron chi connectivity index (χ4n) is 2.25. The van der Waals surface area contributed by atoms with Crippen molar-refractivity contribution in [1.29, 1.82) is 0 Å². The molecule has 1 aromatic heterocycles. The molecule has 0 saturated heterocycles. The molecular weight excluding hydrogens is 362 g/mol. The molecule has 22 heavy (non-hydrogen) atoms. The van der Waals surface area contributed by atoms with Gasteiger partial charge in [0.2, 0.25) is 5.91 Å². The summed E-state index contributed by atoms with van der Waals surface area (Å²) >= 11 is 5.00. The third kappa shape index (κ3) is 4.27. The third-order valence-corrected chi connectivity index (χ3v) is 4.84. The second-order valence-electron chi connectivity index (χ2n) is 5.26. The van der Waals surface area contributed by atoms with Crippen LogP contribution >= 0.6 is 27.3 Å². The predicted octanol–water partition coefficient (Wildman–Crippen LogP) is 5.04. The van der Waals surface area contributed by atoms with E-state index in [2.05, 4.69) is 21.2 Å². The van der Waals surface area contributed by atoms with Crippen LogP contribution < -0.4 is 5.32 Å². The minimum Gasteiger partial charge on any atom is -0.326 e. The maximum Gasteiger partial charge on any atom is 0.224 e. The maximum atomic E-state index is 12.2. The first-order chi connectivity index (χ1) is 10.4. The lowest BCUT2D eigenvalue weighted by Crippen LogP contribution is -2.14. The van der Waals surface area contributed by atoms with Crippen molar-refractivity contribution in [2.45, 2.75) is 33.6 Å². The van der Waals surface area contributed by atoms with Gasteiger partial charge in [0, 0.05) is 38.3 Å². The summed E-state index contributed by atoms with van der Waals surface area (Å²) < 4.78 is 0.974. The van der Waals surface area contributed by atoms with Crippen LogP contribution in [0.3, 0.4) is 0 Å². The van der Waals surface area contributed by atoms with E-state index in [4.69, 9.17) is 0 Å². The molecule has 5 heteroatoms. The van der Waals surface area contributed by atoms with Gasteiger partial charge in [0.05, 0.1) is 0 Å². The minimum atomic E-state index is -0.136. The van der Waals surface area contributed by atoms with Crippen molar-refractivity contribution in [3.05, 3.63) is 49.6 Å². The summed E-state index contributed by atoms with van der Waals surface area (Å²) in [6.07, 6.45) is 0.432. The molecule has 0 bridgehead atoms. The highest BCUT2D eigenvalue weighted by atomic mass is 79.9. The quantitative estimate of drug-likeness (QED) is 0.739. The van der Waals surface area contributed by atoms with Crippen molar-refractivity contribution in [3.8, 4) is 0 Å². The number of nitrogens with one attached hydrogen (secondary N) is 1. The van der Waals surface area contributed by atoms with E-state index < -0.39 is 0 Å². The second-order valence-corrected chi connectivity index (χ2v) is 7.63. The van der Waals surface area contributed by atoms with E-state index in [0.717, 1.165) is 31.0 Å². The van der Waals surface area contributed by atoms with Gasteiger partial charge in [0.25, 0.3) is 0 Å². The largest absolute Gasteiger partial charge is 0.326 e. The second kappa shape index (κ2) is 7.20. The summed E-state index contributed by atoms with van der Waals surface area (Å²) in [5.41, 5.74) is 2.51. The first kappa shape index (κ1) is 16.9. The van der Waals surface area contributed by atoms with Gasteiger partial charge in [-0.3, -0.25) is 9.59 Å². The summed E-state index contributed by atoms with van der Waals surface area (Å²) in [7, 11) is 0. The van der Waals surface area contributed by atoms with E-state index in [-0.39, 0.29) is 24.5 Å². The van der Waals surface area contributed by atoms with Crippen LogP contribution in [0.2, 0.25) is 0 Å². The molecule has 0 radical (unpaired) electrons. The molecule has 3 nitrogen and oxygen atoms in total. The molecule has 0 aliphatic heterocycles. The van der Waals surface area contributed by atoms with Crippen LogP contribution in [0.15, 0.2) is 28.7 Å². The number of rotatable bonds is 5. The van der Waals surface area contributed by atoms with Crippen LogP contribution in [0, 0.1) is 20.8 Å². The van der Waals surface area contributed by atoms with Gasteiger partial charge >= 0.3 is 0 Å². The van der Waals surface area contributed by atoms with Gasteiger partial charge in [0.1, 0.15) is 0 Å². The Kier molecular flexibility index (Phi) is 5.53. The molecule has 1 heterocycles. The number of ketones is 1. The Balaban J connectivity index is 1.92. The number of amides is 1. The van der Waals surface area contributed by atoms with Crippen LogP contribution in [0.25, 0.3) is 0 Å². The maximum absolute atomic E-state index is 12.2. The van der Waals surface area contributed by atoms with Gasteiger partial charge in [-0.15, -0.1) is 11.3 Å². The van der Waals surface area contributed by atoms with Crippen molar-refractivity contribution in [1.82, 2.24) is 0 Å². The molecule has 0 aliphatic rings. The Labute approximate surface area is 142 Å². The molecule has 0 saturated carbocycles. The average molecular weight is 380 g/mol. The fourth-order valence-corrected chi connectivity index (χ4v) is 3.67. The molecule has 0 atom stereocenters. The van der Waals surface area contributed by atoms with Crippen LogP contribution in [0.4, 0.5) is 5.69 Å². The average Bonchev–Trinajstić information content (AvgIpc) is 2.78. The number of benzene rings is 1. The van der Waals surface area contributed by atoms with Gasteiger partial charge in [-0.2, -0.15) is 0 Å². The van der Waals surface area contributed by atoms with Crippen molar-refractivity contribution in [2.24, 2.45) is 0 Å². The van der Waals surface area contributed by atoms with E-state index in [1.807, 2.05) is 45.0 Å². The lowest BCUT2D eigenvalue weighted by Gasteiger charge is -2.08. The van der Waals surface area contributed by atoms with Crippen LogP contribution in [-0.2, 0) is 4.79 Å². The molecule has 116 valence electrons. The predicted molar refractivity (Wildman–Crippen MR) is 94.9 cm³/mol. The molecule has 0 fully saturated rings. The van der Waals surface area contributed by atoms with E-state index in [1.165, 1.54) is 0 Å². The topological polar surface area (TPSA) is 46.2 Å². The summed E-state index contributed by atoms with van der Waals surface area (Å²) in [5.74, 6) is -0.104. The van der Waals surface area contributed by atoms with Crippen molar-refractivity contribution >= 4 is 44.6 Å². The van der Waals surface area contributed by atoms with Gasteiger partial charge in [-0.05, 0) is 50.6 Å². The summed E-state index contributed by atoms with van der Waals surface area (Å²) in [4.78, 5) is 26.3. The summed E-state index contributed by atoms with van der Waals surface area (Å²) in [6.45, 7) is 5.86. The van der Waals surface area contributed by atoms with Gasteiger partial charge in [-0.25, -0.2) is 0 Å². The lowest BCUT2D eigenvalue weighted by atomic mass is 10.1. The normalized spacial score (nSPS) is 10.5. The molecule has 1 N–H and O–H groups in total. The van der Waals surface area contributed by atoms with E-state index in [0.29, 0.717) is 0 Å². The first-order valence-electron chi connectivity index (χ1n) is 7.03. The molecule has 2 rings (SSSR count). The zero-order valence-corrected chi connectivity index (χ0v) is 15.2. The van der Waals surface area contributed by atoms with Crippen LogP contribution in [0.5, 0.6) is 0 Å². The first-order valence-corrected chi connectivity index (χ1v) is 8.64.